The van der Waals surface area contributed by atoms with Crippen LogP contribution in [-0.2, 0) is 17.7 Å². The molecule has 4 nitrogen and oxygen atoms in total. The summed E-state index contributed by atoms with van der Waals surface area (Å²) in [6, 6.07) is 0.120. The minimum atomic E-state index is 0.120. The van der Waals surface area contributed by atoms with E-state index in [1.807, 2.05) is 11.6 Å². The van der Waals surface area contributed by atoms with Crippen LogP contribution >= 0.6 is 11.6 Å². The van der Waals surface area contributed by atoms with E-state index in [4.69, 9.17) is 22.1 Å². The Hall–Kier alpha value is -0.580. The van der Waals surface area contributed by atoms with Crippen molar-refractivity contribution in [3.8, 4) is 0 Å². The number of aryl methyl sites for hydroxylation is 2. The third-order valence-electron chi connectivity index (χ3n) is 4.58. The Balaban J connectivity index is 1.74. The lowest BCUT2D eigenvalue weighted by atomic mass is 9.82. The van der Waals surface area contributed by atoms with Crippen LogP contribution in [0.15, 0.2) is 0 Å². The highest BCUT2D eigenvalue weighted by Gasteiger charge is 2.43. The smallest absolute Gasteiger partial charge is 0.0847 e. The molecule has 0 spiro atoms. The van der Waals surface area contributed by atoms with Crippen LogP contribution < -0.4 is 5.73 Å². The molecule has 19 heavy (non-hydrogen) atoms. The summed E-state index contributed by atoms with van der Waals surface area (Å²) in [5.41, 5.74) is 8.40. The van der Waals surface area contributed by atoms with Crippen molar-refractivity contribution in [3.05, 3.63) is 16.4 Å². The third-order valence-corrected chi connectivity index (χ3v) is 5.08. The van der Waals surface area contributed by atoms with Gasteiger partial charge in [0.2, 0.25) is 0 Å². The monoisotopic (exact) mass is 283 g/mol. The standard InChI is InChI=1S/C14H22ClN3O/c1-3-18-12(14(15)8(2)17-18)7-11(16)10-6-9-4-5-13(10)19-9/h9-11,13H,3-7,16H2,1-2H3. The van der Waals surface area contributed by atoms with E-state index >= 15 is 0 Å². The van der Waals surface area contributed by atoms with Crippen molar-refractivity contribution < 1.29 is 4.74 Å². The molecular formula is C14H22ClN3O. The number of hydrogen-bond donors (Lipinski definition) is 1. The zero-order valence-electron chi connectivity index (χ0n) is 11.6. The maximum absolute atomic E-state index is 6.42. The predicted octanol–water partition coefficient (Wildman–Crippen LogP) is 2.30. The molecule has 3 heterocycles. The lowest BCUT2D eigenvalue weighted by molar-refractivity contribution is 0.0884. The van der Waals surface area contributed by atoms with Crippen molar-refractivity contribution in [1.29, 1.82) is 0 Å². The topological polar surface area (TPSA) is 53.1 Å². The lowest BCUT2D eigenvalue weighted by Crippen LogP contribution is -2.38. The highest BCUT2D eigenvalue weighted by molar-refractivity contribution is 6.31. The zero-order valence-corrected chi connectivity index (χ0v) is 12.4. The van der Waals surface area contributed by atoms with Crippen LogP contribution in [-0.4, -0.2) is 28.0 Å². The van der Waals surface area contributed by atoms with Crippen molar-refractivity contribution in [2.75, 3.05) is 0 Å². The average Bonchev–Trinajstić information content (AvgIpc) is 3.08. The van der Waals surface area contributed by atoms with Crippen LogP contribution in [0, 0.1) is 12.8 Å². The summed E-state index contributed by atoms with van der Waals surface area (Å²) in [5.74, 6) is 0.482. The molecule has 106 valence electrons. The Morgan fingerprint density at radius 1 is 1.53 bits per heavy atom. The number of aromatic nitrogens is 2. The molecule has 0 aromatic carbocycles. The molecule has 2 bridgehead atoms. The summed E-state index contributed by atoms with van der Waals surface area (Å²) in [6.45, 7) is 4.87. The Morgan fingerprint density at radius 2 is 2.32 bits per heavy atom. The number of nitrogens with zero attached hydrogens (tertiary/aromatic N) is 2. The highest BCUT2D eigenvalue weighted by atomic mass is 35.5. The second-order valence-electron chi connectivity index (χ2n) is 5.80. The van der Waals surface area contributed by atoms with Gasteiger partial charge in [-0.25, -0.2) is 0 Å². The first kappa shape index (κ1) is 13.4. The number of nitrogens with two attached hydrogens (primary N) is 1. The Morgan fingerprint density at radius 3 is 2.89 bits per heavy atom. The molecule has 3 rings (SSSR count). The molecule has 0 aliphatic carbocycles. The van der Waals surface area contributed by atoms with Gasteiger partial charge in [-0.05, 0) is 33.1 Å². The quantitative estimate of drug-likeness (QED) is 0.922. The normalized spacial score (nSPS) is 31.1. The fourth-order valence-corrected chi connectivity index (χ4v) is 3.78. The molecule has 1 aromatic heterocycles. The minimum absolute atomic E-state index is 0.120. The van der Waals surface area contributed by atoms with E-state index in [9.17, 15) is 0 Å². The predicted molar refractivity (Wildman–Crippen MR) is 75.3 cm³/mol. The van der Waals surface area contributed by atoms with Gasteiger partial charge in [-0.2, -0.15) is 5.10 Å². The Kier molecular flexibility index (Phi) is 3.58. The van der Waals surface area contributed by atoms with E-state index in [0.717, 1.165) is 35.8 Å². The Labute approximate surface area is 119 Å². The van der Waals surface area contributed by atoms with Crippen molar-refractivity contribution in [1.82, 2.24) is 9.78 Å². The fourth-order valence-electron chi connectivity index (χ4n) is 3.57. The highest BCUT2D eigenvalue weighted by Crippen LogP contribution is 2.40. The van der Waals surface area contributed by atoms with Gasteiger partial charge in [0.05, 0.1) is 28.6 Å². The number of halogens is 1. The van der Waals surface area contributed by atoms with E-state index in [2.05, 4.69) is 12.0 Å². The van der Waals surface area contributed by atoms with Gasteiger partial charge in [0.1, 0.15) is 0 Å². The largest absolute Gasteiger partial charge is 0.375 e. The van der Waals surface area contributed by atoms with Crippen LogP contribution in [0.4, 0.5) is 0 Å². The van der Waals surface area contributed by atoms with Crippen molar-refractivity contribution in [2.24, 2.45) is 11.7 Å². The Bertz CT molecular complexity index is 474. The van der Waals surface area contributed by atoms with Gasteiger partial charge in [-0.1, -0.05) is 11.6 Å². The summed E-state index contributed by atoms with van der Waals surface area (Å²) in [7, 11) is 0. The van der Waals surface area contributed by atoms with Gasteiger partial charge >= 0.3 is 0 Å². The van der Waals surface area contributed by atoms with Gasteiger partial charge < -0.3 is 10.5 Å². The zero-order chi connectivity index (χ0) is 13.6. The van der Waals surface area contributed by atoms with Gasteiger partial charge in [0, 0.05) is 24.9 Å². The molecule has 4 unspecified atom stereocenters. The summed E-state index contributed by atoms with van der Waals surface area (Å²) >= 11 is 6.35. The van der Waals surface area contributed by atoms with E-state index in [1.54, 1.807) is 0 Å². The SMILES string of the molecule is CCn1nc(C)c(Cl)c1CC(N)C1CC2CCC1O2. The molecule has 0 saturated carbocycles. The molecule has 4 atom stereocenters. The van der Waals surface area contributed by atoms with Gasteiger partial charge in [0.25, 0.3) is 0 Å². The summed E-state index contributed by atoms with van der Waals surface area (Å²) in [5, 5.41) is 5.23. The number of rotatable bonds is 4. The van der Waals surface area contributed by atoms with Gasteiger partial charge in [-0.15, -0.1) is 0 Å². The van der Waals surface area contributed by atoms with E-state index in [0.29, 0.717) is 18.1 Å². The van der Waals surface area contributed by atoms with E-state index in [1.165, 1.54) is 12.8 Å². The average molecular weight is 284 g/mol. The minimum Gasteiger partial charge on any atom is -0.375 e. The third kappa shape index (κ3) is 2.30. The summed E-state index contributed by atoms with van der Waals surface area (Å²) < 4.78 is 7.88. The van der Waals surface area contributed by atoms with Crippen LogP contribution in [0.25, 0.3) is 0 Å². The van der Waals surface area contributed by atoms with Gasteiger partial charge in [0.15, 0.2) is 0 Å². The van der Waals surface area contributed by atoms with Crippen molar-refractivity contribution in [2.45, 2.75) is 64.3 Å². The molecular weight excluding hydrogens is 262 g/mol. The van der Waals surface area contributed by atoms with Crippen LogP contribution in [0.3, 0.4) is 0 Å². The molecule has 2 saturated heterocycles. The number of ether oxygens (including phenoxy) is 1. The maximum Gasteiger partial charge on any atom is 0.0847 e. The molecule has 0 amide bonds. The molecule has 5 heteroatoms. The molecule has 0 radical (unpaired) electrons. The molecule has 2 fully saturated rings. The van der Waals surface area contributed by atoms with Crippen LogP contribution in [0.1, 0.15) is 37.6 Å². The second kappa shape index (κ2) is 5.08. The fraction of sp³-hybridized carbons (Fsp3) is 0.786. The van der Waals surface area contributed by atoms with Crippen LogP contribution in [0.5, 0.6) is 0 Å². The molecule has 1 aromatic rings. The van der Waals surface area contributed by atoms with Gasteiger partial charge in [-0.3, -0.25) is 4.68 Å². The summed E-state index contributed by atoms with van der Waals surface area (Å²) in [4.78, 5) is 0. The maximum atomic E-state index is 6.42. The van der Waals surface area contributed by atoms with Crippen molar-refractivity contribution >= 4 is 11.6 Å². The first-order valence-corrected chi connectivity index (χ1v) is 7.60. The summed E-state index contributed by atoms with van der Waals surface area (Å²) in [6.07, 6.45) is 5.11. The van der Waals surface area contributed by atoms with Crippen LogP contribution in [0.2, 0.25) is 5.02 Å². The van der Waals surface area contributed by atoms with Crippen molar-refractivity contribution in [3.63, 3.8) is 0 Å². The molecule has 2 N–H and O–H groups in total. The van der Waals surface area contributed by atoms with E-state index in [-0.39, 0.29) is 6.04 Å². The first-order valence-electron chi connectivity index (χ1n) is 7.23. The lowest BCUT2D eigenvalue weighted by Gasteiger charge is -2.25. The number of hydrogen-bond acceptors (Lipinski definition) is 3. The number of fused-ring (bicyclic) bond motifs is 2. The second-order valence-corrected chi connectivity index (χ2v) is 6.18. The molecule has 2 aliphatic rings. The molecule has 2 aliphatic heterocycles. The van der Waals surface area contributed by atoms with E-state index < -0.39 is 0 Å². The first-order chi connectivity index (χ1) is 9.10.